The molecule has 2 rings (SSSR count). The molecule has 0 atom stereocenters. The molecule has 1 aromatic carbocycles. The van der Waals surface area contributed by atoms with E-state index >= 15 is 0 Å². The molecule has 0 unspecified atom stereocenters. The number of benzene rings is 1. The Bertz CT molecular complexity index is 770. The van der Waals surface area contributed by atoms with Gasteiger partial charge in [-0.25, -0.2) is 18.0 Å². The number of halogens is 1. The highest BCUT2D eigenvalue weighted by molar-refractivity contribution is 7.90. The number of cyclic esters (lactones) is 2. The third-order valence-electron chi connectivity index (χ3n) is 2.79. The quantitative estimate of drug-likeness (QED) is 0.463. The van der Waals surface area contributed by atoms with Gasteiger partial charge in [-0.3, -0.25) is 0 Å². The van der Waals surface area contributed by atoms with E-state index in [1.165, 1.54) is 32.0 Å². The lowest BCUT2D eigenvalue weighted by Gasteiger charge is -2.29. The molecule has 6 nitrogen and oxygen atoms in total. The predicted molar refractivity (Wildman–Crippen MR) is 78.8 cm³/mol. The van der Waals surface area contributed by atoms with E-state index in [4.69, 9.17) is 21.1 Å². The molecule has 1 saturated heterocycles. The van der Waals surface area contributed by atoms with Crippen LogP contribution in [0.25, 0.3) is 6.08 Å². The number of hydrogen-bond donors (Lipinski definition) is 0. The van der Waals surface area contributed by atoms with E-state index in [0.717, 1.165) is 12.3 Å². The van der Waals surface area contributed by atoms with Crippen molar-refractivity contribution >= 4 is 39.5 Å². The minimum atomic E-state index is -3.60. The van der Waals surface area contributed by atoms with E-state index in [0.29, 0.717) is 0 Å². The summed E-state index contributed by atoms with van der Waals surface area (Å²) >= 11 is 5.79. The number of carbonyl (C=O) groups is 2. The van der Waals surface area contributed by atoms with Crippen LogP contribution in [-0.2, 0) is 28.9 Å². The van der Waals surface area contributed by atoms with Crippen LogP contribution in [0.5, 0.6) is 0 Å². The number of carbonyl (C=O) groups excluding carboxylic acids is 2. The third-order valence-corrected chi connectivity index (χ3v) is 4.18. The highest BCUT2D eigenvalue weighted by Crippen LogP contribution is 2.27. The van der Waals surface area contributed by atoms with Gasteiger partial charge in [-0.2, -0.15) is 0 Å². The largest absolute Gasteiger partial charge is 0.419 e. The van der Waals surface area contributed by atoms with Crippen molar-refractivity contribution in [3.05, 3.63) is 34.4 Å². The van der Waals surface area contributed by atoms with Crippen LogP contribution in [0.1, 0.15) is 19.4 Å². The summed E-state index contributed by atoms with van der Waals surface area (Å²) in [6.07, 6.45) is 2.12. The molecule has 0 saturated carbocycles. The van der Waals surface area contributed by atoms with Gasteiger partial charge in [-0.05, 0) is 23.8 Å². The van der Waals surface area contributed by atoms with Crippen LogP contribution in [-0.4, -0.2) is 32.4 Å². The fourth-order valence-electron chi connectivity index (χ4n) is 1.88. The number of ether oxygens (including phenoxy) is 2. The lowest BCUT2D eigenvalue weighted by molar-refractivity contribution is -0.222. The predicted octanol–water partition coefficient (Wildman–Crippen LogP) is 1.96. The zero-order valence-electron chi connectivity index (χ0n) is 12.0. The SMILES string of the molecule is CC1(C)OC(=O)C(=Cc2ccc(Cl)cc2S(C)(=O)=O)C(=O)O1. The molecule has 22 heavy (non-hydrogen) atoms. The molecule has 0 aromatic heterocycles. The minimum Gasteiger partial charge on any atom is -0.419 e. The van der Waals surface area contributed by atoms with Crippen molar-refractivity contribution in [2.24, 2.45) is 0 Å². The van der Waals surface area contributed by atoms with Crippen LogP contribution in [0.2, 0.25) is 5.02 Å². The van der Waals surface area contributed by atoms with Gasteiger partial charge in [0.05, 0.1) is 4.90 Å². The molecule has 1 heterocycles. The lowest BCUT2D eigenvalue weighted by Crippen LogP contribution is -2.41. The number of rotatable bonds is 2. The first-order valence-corrected chi connectivity index (χ1v) is 8.44. The molecule has 0 amide bonds. The van der Waals surface area contributed by atoms with Gasteiger partial charge >= 0.3 is 11.9 Å². The summed E-state index contributed by atoms with van der Waals surface area (Å²) in [6, 6.07) is 4.09. The van der Waals surface area contributed by atoms with Crippen LogP contribution in [0.15, 0.2) is 28.7 Å². The molecular weight excluding hydrogens is 332 g/mol. The molecular formula is C14H13ClO6S. The van der Waals surface area contributed by atoms with Crippen molar-refractivity contribution in [1.29, 1.82) is 0 Å². The standard InChI is InChI=1S/C14H13ClO6S/c1-14(2)20-12(16)10(13(17)21-14)6-8-4-5-9(15)7-11(8)22(3,18)19/h4-7H,1-3H3. The fourth-order valence-corrected chi connectivity index (χ4v) is 3.02. The first-order valence-electron chi connectivity index (χ1n) is 6.17. The summed E-state index contributed by atoms with van der Waals surface area (Å²) in [6.45, 7) is 2.84. The molecule has 1 aliphatic heterocycles. The smallest absolute Gasteiger partial charge is 0.348 e. The van der Waals surface area contributed by atoms with Gasteiger partial charge in [0.1, 0.15) is 5.57 Å². The van der Waals surface area contributed by atoms with Crippen LogP contribution in [0.3, 0.4) is 0 Å². The molecule has 0 bridgehead atoms. The average Bonchev–Trinajstić information content (AvgIpc) is 2.32. The molecule has 0 spiro atoms. The third kappa shape index (κ3) is 3.48. The Labute approximate surface area is 132 Å². The second-order valence-corrected chi connectivity index (χ2v) is 7.61. The van der Waals surface area contributed by atoms with Crippen LogP contribution in [0, 0.1) is 0 Å². The summed E-state index contributed by atoms with van der Waals surface area (Å²) in [4.78, 5) is 23.7. The fraction of sp³-hybridized carbons (Fsp3) is 0.286. The molecule has 118 valence electrons. The Kier molecular flexibility index (Phi) is 4.06. The van der Waals surface area contributed by atoms with Gasteiger partial charge < -0.3 is 9.47 Å². The summed E-state index contributed by atoms with van der Waals surface area (Å²) < 4.78 is 33.5. The summed E-state index contributed by atoms with van der Waals surface area (Å²) in [5.41, 5.74) is -0.234. The maximum atomic E-state index is 11.9. The number of esters is 2. The Morgan fingerprint density at radius 3 is 2.18 bits per heavy atom. The van der Waals surface area contributed by atoms with Crippen molar-refractivity contribution < 1.29 is 27.5 Å². The molecule has 1 fully saturated rings. The second kappa shape index (κ2) is 5.40. The van der Waals surface area contributed by atoms with Gasteiger partial charge in [-0.1, -0.05) is 17.7 Å². The first-order chi connectivity index (χ1) is 9.99. The van der Waals surface area contributed by atoms with E-state index in [1.807, 2.05) is 0 Å². The van der Waals surface area contributed by atoms with Gasteiger partial charge in [0.25, 0.3) is 5.79 Å². The van der Waals surface area contributed by atoms with Crippen molar-refractivity contribution in [1.82, 2.24) is 0 Å². The van der Waals surface area contributed by atoms with Gasteiger partial charge in [0.15, 0.2) is 9.84 Å². The molecule has 8 heteroatoms. The zero-order chi connectivity index (χ0) is 16.7. The van der Waals surface area contributed by atoms with Crippen molar-refractivity contribution in [2.45, 2.75) is 24.5 Å². The Morgan fingerprint density at radius 1 is 1.14 bits per heavy atom. The average molecular weight is 345 g/mol. The highest BCUT2D eigenvalue weighted by atomic mass is 35.5. The Balaban J connectivity index is 2.55. The number of sulfone groups is 1. The molecule has 1 aromatic rings. The zero-order valence-corrected chi connectivity index (χ0v) is 13.6. The van der Waals surface area contributed by atoms with Gasteiger partial charge in [0, 0.05) is 25.1 Å². The summed E-state index contributed by atoms with van der Waals surface area (Å²) in [5, 5.41) is 0.220. The van der Waals surface area contributed by atoms with Crippen molar-refractivity contribution in [3.63, 3.8) is 0 Å². The van der Waals surface area contributed by atoms with Crippen molar-refractivity contribution in [3.8, 4) is 0 Å². The Hall–Kier alpha value is -1.86. The van der Waals surface area contributed by atoms with Crippen LogP contribution >= 0.6 is 11.6 Å². The molecule has 0 N–H and O–H groups in total. The van der Waals surface area contributed by atoms with E-state index in [1.54, 1.807) is 0 Å². The molecule has 1 aliphatic rings. The van der Waals surface area contributed by atoms with Gasteiger partial charge in [-0.15, -0.1) is 0 Å². The van der Waals surface area contributed by atoms with E-state index < -0.39 is 27.6 Å². The highest BCUT2D eigenvalue weighted by Gasteiger charge is 2.39. The van der Waals surface area contributed by atoms with Gasteiger partial charge in [0.2, 0.25) is 0 Å². The first kappa shape index (κ1) is 16.5. The van der Waals surface area contributed by atoms with Crippen LogP contribution in [0.4, 0.5) is 0 Å². The van der Waals surface area contributed by atoms with E-state index in [2.05, 4.69) is 0 Å². The monoisotopic (exact) mass is 344 g/mol. The molecule has 0 aliphatic carbocycles. The van der Waals surface area contributed by atoms with Crippen LogP contribution < -0.4 is 0 Å². The van der Waals surface area contributed by atoms with Crippen molar-refractivity contribution in [2.75, 3.05) is 6.26 Å². The Morgan fingerprint density at radius 2 is 1.68 bits per heavy atom. The summed E-state index contributed by atoms with van der Waals surface area (Å²) in [7, 11) is -3.60. The summed E-state index contributed by atoms with van der Waals surface area (Å²) in [5.74, 6) is -3.11. The maximum absolute atomic E-state index is 11.9. The maximum Gasteiger partial charge on any atom is 0.348 e. The van der Waals surface area contributed by atoms with E-state index in [-0.39, 0.29) is 21.1 Å². The normalized spacial score (nSPS) is 17.7. The minimum absolute atomic E-state index is 0.0991. The molecule has 0 radical (unpaired) electrons. The second-order valence-electron chi connectivity index (χ2n) is 5.19. The lowest BCUT2D eigenvalue weighted by atomic mass is 10.1. The topological polar surface area (TPSA) is 86.7 Å². The number of hydrogen-bond acceptors (Lipinski definition) is 6. The van der Waals surface area contributed by atoms with E-state index in [9.17, 15) is 18.0 Å².